The van der Waals surface area contributed by atoms with E-state index < -0.39 is 12.2 Å². The molecule has 10 nitrogen and oxygen atoms in total. The SMILES string of the molecule is CC/C=C\C/C=C\C/C=C\CCCCCCC(O)CN(CCCCSSCCN1CCN(CCOC(=O)CCCN(CC(O)CCCCCC/C=C\C/C=C\C/C=C\CC)CC(O)CCCCCC/C=C\C/C=C\C/C=C\CC)CC1)CC(O)CCCCCC/C=C\C/C=C\C/C=C\CC. The lowest BCUT2D eigenvalue weighted by Crippen LogP contribution is -2.47. The van der Waals surface area contributed by atoms with Crippen LogP contribution in [-0.2, 0) is 9.53 Å². The van der Waals surface area contributed by atoms with Gasteiger partial charge in [0.1, 0.15) is 6.61 Å². The molecule has 4 atom stereocenters. The molecule has 0 aromatic carbocycles. The van der Waals surface area contributed by atoms with Gasteiger partial charge in [0.15, 0.2) is 0 Å². The standard InChI is InChI=1S/C88H154N4O6S2/c1-5-9-13-17-21-25-29-33-37-41-45-49-53-57-64-84(93)80-91(81-85(94)65-58-54-50-46-42-38-34-30-26-22-18-14-10-6-2)69-61-62-78-99-100-79-76-90-73-71-89(72-74-90)75-77-98-88(97)68-63-70-92(82-86(95)66-59-55-51-47-43-39-35-31-27-23-19-15-11-7-3)83-87(96)67-60-56-52-48-44-40-36-32-28-24-20-16-12-8-4/h9-16,21-28,33-40,84-87,93-96H,5-8,17-20,29-32,41-83H2,1-4H3/b13-9-,14-10-,15-11-,16-12-,25-21-,26-22-,27-23-,28-24-,37-33-,38-34-,39-35-,40-36-. The Kier molecular flexibility index (Phi) is 72.8. The second kappa shape index (κ2) is 76.8. The number of carbonyl (C=O) groups excluding carboxylic acids is 1. The molecular weight excluding hydrogens is 1270 g/mol. The number of hydrogen-bond donors (Lipinski definition) is 4. The fourth-order valence-corrected chi connectivity index (χ4v) is 14.4. The van der Waals surface area contributed by atoms with E-state index >= 15 is 0 Å². The first-order chi connectivity index (χ1) is 49.2. The number of unbranched alkanes of at least 4 members (excludes halogenated alkanes) is 17. The largest absolute Gasteiger partial charge is 0.464 e. The number of hydrogen-bond acceptors (Lipinski definition) is 12. The van der Waals surface area contributed by atoms with E-state index in [0.717, 1.165) is 263 Å². The lowest BCUT2D eigenvalue weighted by atomic mass is 10.1. The minimum absolute atomic E-state index is 0.162. The number of nitrogens with zero attached hydrogens (tertiary/aromatic N) is 4. The van der Waals surface area contributed by atoms with E-state index in [2.05, 4.69) is 193 Å². The first-order valence-electron chi connectivity index (χ1n) is 41.0. The third-order valence-corrected chi connectivity index (χ3v) is 20.6. The third kappa shape index (κ3) is 69.1. The van der Waals surface area contributed by atoms with Crippen LogP contribution in [0.25, 0.3) is 0 Å². The summed E-state index contributed by atoms with van der Waals surface area (Å²) in [6, 6.07) is 0. The van der Waals surface area contributed by atoms with Gasteiger partial charge < -0.3 is 25.2 Å². The summed E-state index contributed by atoms with van der Waals surface area (Å²) in [5.41, 5.74) is 0. The van der Waals surface area contributed by atoms with Crippen molar-refractivity contribution in [3.8, 4) is 0 Å². The molecule has 1 heterocycles. The van der Waals surface area contributed by atoms with Gasteiger partial charge in [-0.1, -0.05) is 272 Å². The van der Waals surface area contributed by atoms with Crippen LogP contribution in [0.3, 0.4) is 0 Å². The van der Waals surface area contributed by atoms with Crippen molar-refractivity contribution in [3.05, 3.63) is 146 Å². The van der Waals surface area contributed by atoms with E-state index in [1.54, 1.807) is 0 Å². The van der Waals surface area contributed by atoms with Gasteiger partial charge in [0.2, 0.25) is 0 Å². The van der Waals surface area contributed by atoms with Gasteiger partial charge in [0.05, 0.1) is 24.4 Å². The number of piperazine rings is 1. The maximum Gasteiger partial charge on any atom is 0.305 e. The van der Waals surface area contributed by atoms with Gasteiger partial charge in [-0.25, -0.2) is 0 Å². The van der Waals surface area contributed by atoms with Crippen molar-refractivity contribution in [3.63, 3.8) is 0 Å². The van der Waals surface area contributed by atoms with Crippen molar-refractivity contribution in [2.45, 2.75) is 309 Å². The number of ether oxygens (including phenoxy) is 1. The monoisotopic (exact) mass is 1430 g/mol. The van der Waals surface area contributed by atoms with Gasteiger partial charge in [0.25, 0.3) is 0 Å². The van der Waals surface area contributed by atoms with Crippen LogP contribution >= 0.6 is 21.6 Å². The molecule has 0 spiro atoms. The molecule has 1 saturated heterocycles. The molecule has 1 rings (SSSR count). The summed E-state index contributed by atoms with van der Waals surface area (Å²) < 4.78 is 5.77. The van der Waals surface area contributed by atoms with E-state index in [1.165, 1.54) is 38.5 Å². The maximum absolute atomic E-state index is 13.0. The number of rotatable bonds is 72. The van der Waals surface area contributed by atoms with E-state index in [4.69, 9.17) is 4.74 Å². The topological polar surface area (TPSA) is 120 Å². The summed E-state index contributed by atoms with van der Waals surface area (Å²) in [6.07, 6.45) is 93.8. The van der Waals surface area contributed by atoms with Crippen molar-refractivity contribution >= 4 is 27.6 Å². The summed E-state index contributed by atoms with van der Waals surface area (Å²) in [4.78, 5) is 22.5. The average molecular weight is 1430 g/mol. The zero-order valence-electron chi connectivity index (χ0n) is 64.8. The van der Waals surface area contributed by atoms with E-state index in [-0.39, 0.29) is 18.2 Å². The molecule has 12 heteroatoms. The highest BCUT2D eigenvalue weighted by Gasteiger charge is 2.20. The van der Waals surface area contributed by atoms with Crippen molar-refractivity contribution in [2.24, 2.45) is 0 Å². The fourth-order valence-electron chi connectivity index (χ4n) is 12.2. The van der Waals surface area contributed by atoms with Gasteiger partial charge in [-0.15, -0.1) is 0 Å². The summed E-state index contributed by atoms with van der Waals surface area (Å²) in [5.74, 6) is 2.05. The first-order valence-corrected chi connectivity index (χ1v) is 43.5. The zero-order chi connectivity index (χ0) is 72.2. The third-order valence-electron chi connectivity index (χ3n) is 18.1. The predicted molar refractivity (Wildman–Crippen MR) is 443 cm³/mol. The summed E-state index contributed by atoms with van der Waals surface area (Å²) in [7, 11) is 3.96. The van der Waals surface area contributed by atoms with E-state index in [1.807, 2.05) is 21.6 Å². The molecule has 574 valence electrons. The molecule has 0 bridgehead atoms. The van der Waals surface area contributed by atoms with Crippen LogP contribution in [0.5, 0.6) is 0 Å². The molecule has 0 aromatic heterocycles. The number of aliphatic hydroxyl groups excluding tert-OH is 4. The Hall–Kier alpha value is -3.27. The molecule has 1 fully saturated rings. The molecule has 0 amide bonds. The number of allylic oxidation sites excluding steroid dienone is 24. The van der Waals surface area contributed by atoms with Crippen LogP contribution < -0.4 is 0 Å². The van der Waals surface area contributed by atoms with Crippen molar-refractivity contribution in [1.82, 2.24) is 19.6 Å². The molecule has 4 N–H and O–H groups in total. The Bertz CT molecular complexity index is 2030. The lowest BCUT2D eigenvalue weighted by molar-refractivity contribution is -0.144. The van der Waals surface area contributed by atoms with Crippen LogP contribution in [0.4, 0.5) is 0 Å². The highest BCUT2D eigenvalue weighted by atomic mass is 33.1. The van der Waals surface area contributed by atoms with Gasteiger partial charge in [0, 0.05) is 83.4 Å². The predicted octanol–water partition coefficient (Wildman–Crippen LogP) is 21.9. The van der Waals surface area contributed by atoms with Crippen molar-refractivity contribution < 1.29 is 30.0 Å². The van der Waals surface area contributed by atoms with Crippen LogP contribution in [-0.4, -0.2) is 167 Å². The molecule has 1 aliphatic heterocycles. The lowest BCUT2D eigenvalue weighted by Gasteiger charge is -2.34. The molecule has 0 saturated carbocycles. The Morgan fingerprint density at radius 1 is 0.340 bits per heavy atom. The molecule has 0 aromatic rings. The highest BCUT2D eigenvalue weighted by molar-refractivity contribution is 8.76. The quantitative estimate of drug-likeness (QED) is 0.0201. The number of esters is 1. The maximum atomic E-state index is 13.0. The second-order valence-corrected chi connectivity index (χ2v) is 30.3. The zero-order valence-corrected chi connectivity index (χ0v) is 66.4. The molecule has 100 heavy (non-hydrogen) atoms. The van der Waals surface area contributed by atoms with Crippen LogP contribution in [0.2, 0.25) is 0 Å². The van der Waals surface area contributed by atoms with Gasteiger partial charge in [-0.2, -0.15) is 0 Å². The molecule has 4 unspecified atom stereocenters. The van der Waals surface area contributed by atoms with Gasteiger partial charge in [-0.05, 0) is 186 Å². The Balaban J connectivity index is 2.49. The van der Waals surface area contributed by atoms with Crippen molar-refractivity contribution in [2.75, 3.05) is 96.6 Å². The molecule has 0 radical (unpaired) electrons. The smallest absolute Gasteiger partial charge is 0.305 e. The molecular formula is C88H154N4O6S2. The van der Waals surface area contributed by atoms with Crippen LogP contribution in [0, 0.1) is 0 Å². The molecule has 0 aliphatic carbocycles. The van der Waals surface area contributed by atoms with Crippen molar-refractivity contribution in [1.29, 1.82) is 0 Å². The van der Waals surface area contributed by atoms with Crippen LogP contribution in [0.1, 0.15) is 285 Å². The fraction of sp³-hybridized carbons (Fsp3) is 0.716. The number of carbonyl (C=O) groups is 1. The summed E-state index contributed by atoms with van der Waals surface area (Å²) >= 11 is 0. The van der Waals surface area contributed by atoms with Crippen LogP contribution in [0.15, 0.2) is 146 Å². The minimum Gasteiger partial charge on any atom is -0.464 e. The Morgan fingerprint density at radius 3 is 0.950 bits per heavy atom. The minimum atomic E-state index is -0.453. The first kappa shape index (κ1) is 94.7. The molecule has 1 aliphatic rings. The Morgan fingerprint density at radius 2 is 0.620 bits per heavy atom. The van der Waals surface area contributed by atoms with Gasteiger partial charge in [-0.3, -0.25) is 24.4 Å². The van der Waals surface area contributed by atoms with E-state index in [0.29, 0.717) is 52.2 Å². The Labute approximate surface area is 624 Å². The normalized spacial score (nSPS) is 15.5. The highest BCUT2D eigenvalue weighted by Crippen LogP contribution is 2.23. The average Bonchev–Trinajstić information content (AvgIpc) is 1.08. The summed E-state index contributed by atoms with van der Waals surface area (Å²) in [5, 5.41) is 44.8. The number of aliphatic hydroxyl groups is 4. The second-order valence-electron chi connectivity index (χ2n) is 27.6. The van der Waals surface area contributed by atoms with Gasteiger partial charge >= 0.3 is 5.97 Å². The van der Waals surface area contributed by atoms with E-state index in [9.17, 15) is 25.2 Å². The summed E-state index contributed by atoms with van der Waals surface area (Å²) in [6.45, 7) is 18.8.